The SMILES string of the molecule is Cc1ncc(CSCc2ccc(CO)cc2)s1. The molecule has 0 spiro atoms. The lowest BCUT2D eigenvalue weighted by atomic mass is 10.2. The van der Waals surface area contributed by atoms with Gasteiger partial charge in [0.2, 0.25) is 0 Å². The number of benzene rings is 1. The van der Waals surface area contributed by atoms with Crippen LogP contribution in [-0.2, 0) is 18.1 Å². The number of thiazole rings is 1. The molecule has 2 aromatic rings. The summed E-state index contributed by atoms with van der Waals surface area (Å²) in [5, 5.41) is 10.1. The van der Waals surface area contributed by atoms with Crippen LogP contribution >= 0.6 is 23.1 Å². The predicted octanol–water partition coefficient (Wildman–Crippen LogP) is 3.38. The zero-order valence-corrected chi connectivity index (χ0v) is 11.4. The van der Waals surface area contributed by atoms with Crippen molar-refractivity contribution in [2.24, 2.45) is 0 Å². The van der Waals surface area contributed by atoms with Gasteiger partial charge in [-0.2, -0.15) is 11.8 Å². The number of hydrogen-bond acceptors (Lipinski definition) is 4. The van der Waals surface area contributed by atoms with Gasteiger partial charge < -0.3 is 5.11 Å². The third kappa shape index (κ3) is 3.84. The van der Waals surface area contributed by atoms with E-state index in [0.29, 0.717) is 0 Å². The van der Waals surface area contributed by atoms with E-state index in [1.165, 1.54) is 10.4 Å². The number of aliphatic hydroxyl groups is 1. The van der Waals surface area contributed by atoms with E-state index in [-0.39, 0.29) is 6.61 Å². The van der Waals surface area contributed by atoms with Crippen LogP contribution in [0.3, 0.4) is 0 Å². The summed E-state index contributed by atoms with van der Waals surface area (Å²) in [6.07, 6.45) is 1.96. The first-order chi connectivity index (χ1) is 8.28. The average molecular weight is 265 g/mol. The number of aromatic nitrogens is 1. The summed E-state index contributed by atoms with van der Waals surface area (Å²) in [4.78, 5) is 5.58. The first-order valence-corrected chi connectivity index (χ1v) is 7.43. The quantitative estimate of drug-likeness (QED) is 0.899. The van der Waals surface area contributed by atoms with Crippen LogP contribution in [0.4, 0.5) is 0 Å². The smallest absolute Gasteiger partial charge is 0.0897 e. The van der Waals surface area contributed by atoms with Gasteiger partial charge in [0.15, 0.2) is 0 Å². The summed E-state index contributed by atoms with van der Waals surface area (Å²) in [6.45, 7) is 2.15. The van der Waals surface area contributed by atoms with Crippen LogP contribution in [0.25, 0.3) is 0 Å². The lowest BCUT2D eigenvalue weighted by Gasteiger charge is -2.01. The van der Waals surface area contributed by atoms with Crippen molar-refractivity contribution in [3.8, 4) is 0 Å². The van der Waals surface area contributed by atoms with Gasteiger partial charge in [0.1, 0.15) is 0 Å². The molecule has 0 saturated heterocycles. The first kappa shape index (κ1) is 12.6. The van der Waals surface area contributed by atoms with Crippen LogP contribution in [0.15, 0.2) is 30.5 Å². The molecule has 0 unspecified atom stereocenters. The molecule has 2 rings (SSSR count). The van der Waals surface area contributed by atoms with Crippen molar-refractivity contribution in [2.45, 2.75) is 25.0 Å². The van der Waals surface area contributed by atoms with Crippen LogP contribution in [0.2, 0.25) is 0 Å². The fourth-order valence-corrected chi connectivity index (χ4v) is 3.36. The van der Waals surface area contributed by atoms with Crippen LogP contribution < -0.4 is 0 Å². The van der Waals surface area contributed by atoms with Gasteiger partial charge in [-0.3, -0.25) is 0 Å². The van der Waals surface area contributed by atoms with Gasteiger partial charge in [0.25, 0.3) is 0 Å². The minimum absolute atomic E-state index is 0.119. The summed E-state index contributed by atoms with van der Waals surface area (Å²) in [5.74, 6) is 2.02. The number of nitrogens with zero attached hydrogens (tertiary/aromatic N) is 1. The van der Waals surface area contributed by atoms with E-state index >= 15 is 0 Å². The minimum Gasteiger partial charge on any atom is -0.392 e. The van der Waals surface area contributed by atoms with Crippen LogP contribution in [0.5, 0.6) is 0 Å². The molecule has 0 amide bonds. The molecule has 4 heteroatoms. The summed E-state index contributed by atoms with van der Waals surface area (Å²) >= 11 is 3.66. The van der Waals surface area contributed by atoms with Crippen molar-refractivity contribution in [3.63, 3.8) is 0 Å². The van der Waals surface area contributed by atoms with Crippen molar-refractivity contribution in [1.29, 1.82) is 0 Å². The normalized spacial score (nSPS) is 10.7. The molecule has 17 heavy (non-hydrogen) atoms. The number of thioether (sulfide) groups is 1. The third-order valence-electron chi connectivity index (χ3n) is 2.39. The van der Waals surface area contributed by atoms with E-state index in [2.05, 4.69) is 17.1 Å². The van der Waals surface area contributed by atoms with Gasteiger partial charge in [-0.25, -0.2) is 4.98 Å². The second-order valence-corrected chi connectivity index (χ2v) is 6.12. The number of aryl methyl sites for hydroxylation is 1. The summed E-state index contributed by atoms with van der Waals surface area (Å²) < 4.78 is 0. The van der Waals surface area contributed by atoms with Crippen molar-refractivity contribution in [3.05, 3.63) is 51.5 Å². The molecule has 1 aromatic heterocycles. The molecule has 0 aliphatic rings. The van der Waals surface area contributed by atoms with E-state index in [9.17, 15) is 0 Å². The van der Waals surface area contributed by atoms with Gasteiger partial charge >= 0.3 is 0 Å². The maximum atomic E-state index is 8.94. The molecule has 0 aliphatic heterocycles. The first-order valence-electron chi connectivity index (χ1n) is 5.45. The van der Waals surface area contributed by atoms with Gasteiger partial charge in [-0.05, 0) is 18.1 Å². The standard InChI is InChI=1S/C13H15NOS2/c1-10-14-6-13(17-10)9-16-8-12-4-2-11(7-15)3-5-12/h2-6,15H,7-9H2,1H3. The van der Waals surface area contributed by atoms with Crippen molar-refractivity contribution >= 4 is 23.1 Å². The predicted molar refractivity (Wildman–Crippen MR) is 74.2 cm³/mol. The van der Waals surface area contributed by atoms with Gasteiger partial charge in [0.05, 0.1) is 11.6 Å². The van der Waals surface area contributed by atoms with E-state index < -0.39 is 0 Å². The molecule has 1 heterocycles. The topological polar surface area (TPSA) is 33.1 Å². The Balaban J connectivity index is 1.81. The Morgan fingerprint density at radius 1 is 1.18 bits per heavy atom. The maximum Gasteiger partial charge on any atom is 0.0897 e. The molecule has 0 atom stereocenters. The minimum atomic E-state index is 0.119. The molecule has 0 aliphatic carbocycles. The zero-order chi connectivity index (χ0) is 12.1. The molecular weight excluding hydrogens is 250 g/mol. The third-order valence-corrected chi connectivity index (χ3v) is 4.54. The Bertz CT molecular complexity index is 465. The molecule has 0 fully saturated rings. The largest absolute Gasteiger partial charge is 0.392 e. The highest BCUT2D eigenvalue weighted by Crippen LogP contribution is 2.21. The Kier molecular flexibility index (Phi) is 4.59. The van der Waals surface area contributed by atoms with Crippen molar-refractivity contribution < 1.29 is 5.11 Å². The molecule has 0 radical (unpaired) electrons. The monoisotopic (exact) mass is 265 g/mol. The molecule has 2 nitrogen and oxygen atoms in total. The summed E-state index contributed by atoms with van der Waals surface area (Å²) in [6, 6.07) is 8.12. The van der Waals surface area contributed by atoms with Gasteiger partial charge in [0, 0.05) is 22.6 Å². The van der Waals surface area contributed by atoms with Crippen LogP contribution in [0, 0.1) is 6.92 Å². The van der Waals surface area contributed by atoms with Crippen molar-refractivity contribution in [1.82, 2.24) is 4.98 Å². The number of hydrogen-bond donors (Lipinski definition) is 1. The Labute approximate surface area is 110 Å². The summed E-state index contributed by atoms with van der Waals surface area (Å²) in [7, 11) is 0. The fraction of sp³-hybridized carbons (Fsp3) is 0.308. The van der Waals surface area contributed by atoms with E-state index in [4.69, 9.17) is 5.11 Å². The molecule has 1 aromatic carbocycles. The highest BCUT2D eigenvalue weighted by molar-refractivity contribution is 7.97. The highest BCUT2D eigenvalue weighted by atomic mass is 32.2. The Morgan fingerprint density at radius 2 is 1.88 bits per heavy atom. The number of aliphatic hydroxyl groups excluding tert-OH is 1. The van der Waals surface area contributed by atoms with Gasteiger partial charge in [-0.15, -0.1) is 11.3 Å². The van der Waals surface area contributed by atoms with E-state index in [1.807, 2.05) is 37.0 Å². The molecule has 1 N–H and O–H groups in total. The fourth-order valence-electron chi connectivity index (χ4n) is 1.48. The lowest BCUT2D eigenvalue weighted by Crippen LogP contribution is -1.85. The summed E-state index contributed by atoms with van der Waals surface area (Å²) in [5.41, 5.74) is 2.27. The maximum absolute atomic E-state index is 8.94. The molecular formula is C13H15NOS2. The second kappa shape index (κ2) is 6.19. The molecule has 90 valence electrons. The lowest BCUT2D eigenvalue weighted by molar-refractivity contribution is 0.282. The average Bonchev–Trinajstić information content (AvgIpc) is 2.76. The van der Waals surface area contributed by atoms with Gasteiger partial charge in [-0.1, -0.05) is 24.3 Å². The zero-order valence-electron chi connectivity index (χ0n) is 9.72. The van der Waals surface area contributed by atoms with E-state index in [0.717, 1.165) is 22.1 Å². The molecule has 0 saturated carbocycles. The molecule has 0 bridgehead atoms. The van der Waals surface area contributed by atoms with Crippen molar-refractivity contribution in [2.75, 3.05) is 0 Å². The van der Waals surface area contributed by atoms with Crippen LogP contribution in [0.1, 0.15) is 21.0 Å². The Morgan fingerprint density at radius 3 is 2.47 bits per heavy atom. The Hall–Kier alpha value is -0.840. The van der Waals surface area contributed by atoms with E-state index in [1.54, 1.807) is 11.3 Å². The van der Waals surface area contributed by atoms with Crippen LogP contribution in [-0.4, -0.2) is 10.1 Å². The highest BCUT2D eigenvalue weighted by Gasteiger charge is 1.99. The second-order valence-electron chi connectivity index (χ2n) is 3.81. The number of rotatable bonds is 5.